The van der Waals surface area contributed by atoms with E-state index in [1.165, 1.54) is 0 Å². The predicted molar refractivity (Wildman–Crippen MR) is 77.4 cm³/mol. The van der Waals surface area contributed by atoms with E-state index in [2.05, 4.69) is 10.1 Å². The average Bonchev–Trinajstić information content (AvgIpc) is 3.08. The van der Waals surface area contributed by atoms with Crippen molar-refractivity contribution in [3.05, 3.63) is 35.5 Å². The van der Waals surface area contributed by atoms with Crippen molar-refractivity contribution in [1.82, 2.24) is 14.6 Å². The number of hydrogen-bond donors (Lipinski definition) is 0. The van der Waals surface area contributed by atoms with Crippen LogP contribution in [0.15, 0.2) is 34.9 Å². The summed E-state index contributed by atoms with van der Waals surface area (Å²) in [4.78, 5) is 5.41. The molecule has 0 aliphatic rings. The van der Waals surface area contributed by atoms with E-state index >= 15 is 0 Å². The number of methoxy groups -OCH3 is 1. The van der Waals surface area contributed by atoms with Crippen LogP contribution in [0.2, 0.25) is 0 Å². The summed E-state index contributed by atoms with van der Waals surface area (Å²) in [6.45, 7) is 1.96. The molecule has 5 nitrogen and oxygen atoms in total. The van der Waals surface area contributed by atoms with Crippen LogP contribution in [0.5, 0.6) is 5.75 Å². The topological polar surface area (TPSA) is 52.6 Å². The number of benzene rings is 1. The minimum absolute atomic E-state index is 0.739. The van der Waals surface area contributed by atoms with E-state index in [1.807, 2.05) is 37.4 Å². The van der Waals surface area contributed by atoms with Gasteiger partial charge in [0.15, 0.2) is 5.76 Å². The molecular weight excluding hydrogens is 274 g/mol. The van der Waals surface area contributed by atoms with Gasteiger partial charge in [0.25, 0.3) is 0 Å². The zero-order chi connectivity index (χ0) is 13.7. The monoisotopic (exact) mass is 285 g/mol. The van der Waals surface area contributed by atoms with Crippen LogP contribution in [0.1, 0.15) is 5.01 Å². The van der Waals surface area contributed by atoms with E-state index in [0.29, 0.717) is 0 Å². The van der Waals surface area contributed by atoms with E-state index in [9.17, 15) is 0 Å². The third kappa shape index (κ3) is 1.69. The molecule has 3 heterocycles. The van der Waals surface area contributed by atoms with E-state index in [1.54, 1.807) is 23.0 Å². The maximum atomic E-state index is 5.85. The first-order chi connectivity index (χ1) is 9.72. The fourth-order valence-electron chi connectivity index (χ4n) is 2.18. The highest BCUT2D eigenvalue weighted by molar-refractivity contribution is 7.16. The van der Waals surface area contributed by atoms with Crippen molar-refractivity contribution in [2.45, 2.75) is 6.92 Å². The largest absolute Gasteiger partial charge is 0.497 e. The minimum Gasteiger partial charge on any atom is -0.497 e. The molecule has 0 saturated heterocycles. The summed E-state index contributed by atoms with van der Waals surface area (Å²) in [6.07, 6.45) is 1.88. The van der Waals surface area contributed by atoms with Gasteiger partial charge in [0.1, 0.15) is 22.0 Å². The molecule has 0 aliphatic carbocycles. The third-order valence-corrected chi connectivity index (χ3v) is 3.96. The van der Waals surface area contributed by atoms with Crippen LogP contribution in [0, 0.1) is 6.92 Å². The summed E-state index contributed by atoms with van der Waals surface area (Å²) in [7, 11) is 1.64. The molecule has 1 aromatic carbocycles. The van der Waals surface area contributed by atoms with Crippen molar-refractivity contribution in [1.29, 1.82) is 0 Å². The molecule has 3 aromatic heterocycles. The quantitative estimate of drug-likeness (QED) is 0.565. The van der Waals surface area contributed by atoms with Gasteiger partial charge in [-0.05, 0) is 25.1 Å². The number of aromatic nitrogens is 3. The Morgan fingerprint density at radius 2 is 2.20 bits per heavy atom. The molecule has 0 bridgehead atoms. The van der Waals surface area contributed by atoms with Crippen molar-refractivity contribution < 1.29 is 9.15 Å². The zero-order valence-corrected chi connectivity index (χ0v) is 11.8. The molecule has 6 heteroatoms. The molecule has 0 amide bonds. The van der Waals surface area contributed by atoms with Crippen LogP contribution in [-0.4, -0.2) is 21.7 Å². The molecule has 0 N–H and O–H groups in total. The van der Waals surface area contributed by atoms with E-state index in [-0.39, 0.29) is 0 Å². The van der Waals surface area contributed by atoms with Crippen LogP contribution in [0.25, 0.3) is 27.4 Å². The van der Waals surface area contributed by atoms with Gasteiger partial charge in [0, 0.05) is 11.5 Å². The van der Waals surface area contributed by atoms with Gasteiger partial charge in [-0.15, -0.1) is 0 Å². The standard InChI is InChI=1S/C14H11N3O2S/c1-8-16-17-7-11(15-14(17)20-8)13-5-9-3-4-10(18-2)6-12(9)19-13/h3-7H,1-2H3. The van der Waals surface area contributed by atoms with Gasteiger partial charge < -0.3 is 9.15 Å². The van der Waals surface area contributed by atoms with Crippen LogP contribution in [-0.2, 0) is 0 Å². The molecule has 0 radical (unpaired) electrons. The van der Waals surface area contributed by atoms with Crippen molar-refractivity contribution in [2.24, 2.45) is 0 Å². The molecule has 0 fully saturated rings. The van der Waals surface area contributed by atoms with Gasteiger partial charge in [0.05, 0.1) is 13.3 Å². The molecule has 4 rings (SSSR count). The molecule has 0 unspecified atom stereocenters. The number of rotatable bonds is 2. The van der Waals surface area contributed by atoms with Gasteiger partial charge in [-0.1, -0.05) is 11.3 Å². The van der Waals surface area contributed by atoms with Gasteiger partial charge in [-0.3, -0.25) is 0 Å². The normalized spacial score (nSPS) is 11.5. The molecule has 0 saturated carbocycles. The molecule has 4 aromatic rings. The summed E-state index contributed by atoms with van der Waals surface area (Å²) in [5, 5.41) is 6.37. The average molecular weight is 285 g/mol. The summed E-state index contributed by atoms with van der Waals surface area (Å²) in [5.74, 6) is 1.52. The Kier molecular flexibility index (Phi) is 2.34. The Balaban J connectivity index is 1.85. The Bertz CT molecular complexity index is 888. The Morgan fingerprint density at radius 3 is 3.00 bits per heavy atom. The highest BCUT2D eigenvalue weighted by Crippen LogP contribution is 2.30. The van der Waals surface area contributed by atoms with Gasteiger partial charge >= 0.3 is 0 Å². The first kappa shape index (κ1) is 11.5. The van der Waals surface area contributed by atoms with Crippen molar-refractivity contribution in [3.8, 4) is 17.2 Å². The van der Waals surface area contributed by atoms with Crippen LogP contribution < -0.4 is 4.74 Å². The maximum absolute atomic E-state index is 5.85. The van der Waals surface area contributed by atoms with E-state index in [4.69, 9.17) is 9.15 Å². The van der Waals surface area contributed by atoms with Gasteiger partial charge in [0.2, 0.25) is 4.96 Å². The fraction of sp³-hybridized carbons (Fsp3) is 0.143. The molecule has 0 aliphatic heterocycles. The fourth-order valence-corrected chi connectivity index (χ4v) is 2.91. The summed E-state index contributed by atoms with van der Waals surface area (Å²) >= 11 is 1.56. The highest BCUT2D eigenvalue weighted by Gasteiger charge is 2.12. The van der Waals surface area contributed by atoms with Crippen molar-refractivity contribution >= 4 is 27.3 Å². The zero-order valence-electron chi connectivity index (χ0n) is 11.0. The molecule has 20 heavy (non-hydrogen) atoms. The van der Waals surface area contributed by atoms with E-state index < -0.39 is 0 Å². The number of aryl methyl sites for hydroxylation is 1. The molecule has 0 atom stereocenters. The molecular formula is C14H11N3O2S. The highest BCUT2D eigenvalue weighted by atomic mass is 32.1. The number of fused-ring (bicyclic) bond motifs is 2. The second-order valence-electron chi connectivity index (χ2n) is 4.49. The predicted octanol–water partition coefficient (Wildman–Crippen LogP) is 3.52. The number of ether oxygens (including phenoxy) is 1. The third-order valence-electron chi connectivity index (χ3n) is 3.12. The smallest absolute Gasteiger partial charge is 0.212 e. The number of nitrogens with zero attached hydrogens (tertiary/aromatic N) is 3. The molecule has 0 spiro atoms. The molecule has 100 valence electrons. The second-order valence-corrected chi connectivity index (χ2v) is 5.65. The lowest BCUT2D eigenvalue weighted by Gasteiger charge is -1.96. The SMILES string of the molecule is COc1ccc2cc(-c3cn4nc(C)sc4n3)oc2c1. The minimum atomic E-state index is 0.739. The number of hydrogen-bond acceptors (Lipinski definition) is 5. The number of imidazole rings is 1. The summed E-state index contributed by atoms with van der Waals surface area (Å²) in [5.41, 5.74) is 1.58. The summed E-state index contributed by atoms with van der Waals surface area (Å²) in [6, 6.07) is 7.74. The number of furan rings is 1. The lowest BCUT2D eigenvalue weighted by molar-refractivity contribution is 0.414. The van der Waals surface area contributed by atoms with Crippen LogP contribution >= 0.6 is 11.3 Å². The van der Waals surface area contributed by atoms with Gasteiger partial charge in [-0.2, -0.15) is 5.10 Å². The Morgan fingerprint density at radius 1 is 1.30 bits per heavy atom. The Labute approximate surface area is 118 Å². The summed E-state index contributed by atoms with van der Waals surface area (Å²) < 4.78 is 12.8. The van der Waals surface area contributed by atoms with Crippen LogP contribution in [0.3, 0.4) is 0 Å². The lowest BCUT2D eigenvalue weighted by Crippen LogP contribution is -1.79. The van der Waals surface area contributed by atoms with E-state index in [0.717, 1.165) is 38.1 Å². The Hall–Kier alpha value is -2.34. The van der Waals surface area contributed by atoms with Gasteiger partial charge in [-0.25, -0.2) is 9.50 Å². The van der Waals surface area contributed by atoms with Crippen molar-refractivity contribution in [2.75, 3.05) is 7.11 Å². The maximum Gasteiger partial charge on any atom is 0.212 e. The first-order valence-corrected chi connectivity index (χ1v) is 6.95. The lowest BCUT2D eigenvalue weighted by atomic mass is 10.2. The van der Waals surface area contributed by atoms with Crippen LogP contribution in [0.4, 0.5) is 0 Å². The van der Waals surface area contributed by atoms with Crippen molar-refractivity contribution in [3.63, 3.8) is 0 Å². The first-order valence-electron chi connectivity index (χ1n) is 6.14. The second kappa shape index (κ2) is 4.08.